The standard InChI is InChI=1S/C49H66O8/c1-4-7-8-9-10-14-17-20-23-48(57-47(51)6-3)55-44-32-26-40(27-33-44)24-25-41-28-34-45(35-29-41)56-49(52)42-30-36-43(37-31-42)53-38-21-18-15-12-11-13-16-19-22-39-54-46(50)5-2/h5-6,26-37,48H,2-4,7-25,38-39H2,1H3. The van der Waals surface area contributed by atoms with Gasteiger partial charge in [-0.3, -0.25) is 0 Å². The van der Waals surface area contributed by atoms with Gasteiger partial charge in [-0.25, -0.2) is 14.4 Å². The largest absolute Gasteiger partial charge is 0.494 e. The summed E-state index contributed by atoms with van der Waals surface area (Å²) >= 11 is 0. The summed E-state index contributed by atoms with van der Waals surface area (Å²) in [7, 11) is 0. The van der Waals surface area contributed by atoms with Crippen LogP contribution in [0.15, 0.2) is 98.1 Å². The Hall–Kier alpha value is -4.85. The Kier molecular flexibility index (Phi) is 24.0. The van der Waals surface area contributed by atoms with Gasteiger partial charge in [0.1, 0.15) is 17.2 Å². The normalized spacial score (nSPS) is 11.3. The molecule has 3 rings (SSSR count). The first-order valence-corrected chi connectivity index (χ1v) is 21.3. The lowest BCUT2D eigenvalue weighted by Crippen LogP contribution is -2.23. The van der Waals surface area contributed by atoms with Crippen molar-refractivity contribution in [3.8, 4) is 17.2 Å². The Morgan fingerprint density at radius 1 is 0.544 bits per heavy atom. The molecule has 3 aromatic carbocycles. The van der Waals surface area contributed by atoms with E-state index in [0.717, 1.165) is 68.2 Å². The van der Waals surface area contributed by atoms with Gasteiger partial charge in [-0.05, 0) is 91.8 Å². The Balaban J connectivity index is 1.29. The van der Waals surface area contributed by atoms with E-state index in [2.05, 4.69) is 20.1 Å². The van der Waals surface area contributed by atoms with Gasteiger partial charge < -0.3 is 23.7 Å². The van der Waals surface area contributed by atoms with Crippen LogP contribution in [0.2, 0.25) is 0 Å². The van der Waals surface area contributed by atoms with E-state index in [9.17, 15) is 14.4 Å². The number of rotatable bonds is 32. The van der Waals surface area contributed by atoms with Crippen molar-refractivity contribution in [3.63, 3.8) is 0 Å². The second kappa shape index (κ2) is 29.4. The van der Waals surface area contributed by atoms with Gasteiger partial charge in [0, 0.05) is 18.6 Å². The molecule has 8 heteroatoms. The third-order valence-electron chi connectivity index (χ3n) is 9.79. The van der Waals surface area contributed by atoms with Gasteiger partial charge in [-0.1, -0.05) is 134 Å². The topological polar surface area (TPSA) is 97.4 Å². The number of hydrogen-bond acceptors (Lipinski definition) is 8. The molecule has 0 aliphatic carbocycles. The van der Waals surface area contributed by atoms with Crippen molar-refractivity contribution < 1.29 is 38.1 Å². The third-order valence-corrected chi connectivity index (χ3v) is 9.79. The average molecular weight is 783 g/mol. The molecule has 0 bridgehead atoms. The van der Waals surface area contributed by atoms with Gasteiger partial charge in [0.15, 0.2) is 0 Å². The summed E-state index contributed by atoms with van der Waals surface area (Å²) in [4.78, 5) is 35.7. The van der Waals surface area contributed by atoms with Gasteiger partial charge in [-0.15, -0.1) is 0 Å². The second-order valence-electron chi connectivity index (χ2n) is 14.6. The highest BCUT2D eigenvalue weighted by Crippen LogP contribution is 2.21. The number of carbonyl (C=O) groups is 3. The van der Waals surface area contributed by atoms with Gasteiger partial charge in [0.25, 0.3) is 0 Å². The highest BCUT2D eigenvalue weighted by Gasteiger charge is 2.15. The van der Waals surface area contributed by atoms with Crippen molar-refractivity contribution in [1.29, 1.82) is 0 Å². The molecule has 0 aliphatic rings. The Labute approximate surface area is 342 Å². The fraction of sp³-hybridized carbons (Fsp3) is 0.490. The summed E-state index contributed by atoms with van der Waals surface area (Å²) in [5.41, 5.74) is 2.76. The second-order valence-corrected chi connectivity index (χ2v) is 14.6. The minimum atomic E-state index is -0.637. The molecule has 0 fully saturated rings. The first-order valence-electron chi connectivity index (χ1n) is 21.3. The molecular weight excluding hydrogens is 717 g/mol. The number of unbranched alkanes of at least 4 members (excludes halogenated alkanes) is 15. The monoisotopic (exact) mass is 782 g/mol. The van der Waals surface area contributed by atoms with Crippen molar-refractivity contribution in [3.05, 3.63) is 115 Å². The van der Waals surface area contributed by atoms with Crippen LogP contribution in [0.4, 0.5) is 0 Å². The van der Waals surface area contributed by atoms with Gasteiger partial charge in [0.2, 0.25) is 6.29 Å². The zero-order valence-electron chi connectivity index (χ0n) is 34.4. The van der Waals surface area contributed by atoms with E-state index in [1.807, 2.05) is 60.7 Å². The summed E-state index contributed by atoms with van der Waals surface area (Å²) in [5.74, 6) is 0.666. The molecule has 1 unspecified atom stereocenters. The molecule has 0 aromatic heterocycles. The lowest BCUT2D eigenvalue weighted by molar-refractivity contribution is -0.158. The molecule has 0 spiro atoms. The molecule has 8 nitrogen and oxygen atoms in total. The Bertz CT molecular complexity index is 1560. The first-order chi connectivity index (χ1) is 27.9. The highest BCUT2D eigenvalue weighted by atomic mass is 16.7. The van der Waals surface area contributed by atoms with E-state index < -0.39 is 18.2 Å². The number of hydrogen-bond donors (Lipinski definition) is 0. The predicted molar refractivity (Wildman–Crippen MR) is 228 cm³/mol. The van der Waals surface area contributed by atoms with Crippen LogP contribution >= 0.6 is 0 Å². The molecule has 0 radical (unpaired) electrons. The molecule has 0 heterocycles. The molecule has 0 saturated carbocycles. The molecule has 0 amide bonds. The van der Waals surface area contributed by atoms with E-state index in [-0.39, 0.29) is 5.97 Å². The van der Waals surface area contributed by atoms with Crippen LogP contribution in [-0.2, 0) is 31.9 Å². The maximum absolute atomic E-state index is 12.8. The summed E-state index contributed by atoms with van der Waals surface area (Å²) < 4.78 is 28.0. The third kappa shape index (κ3) is 21.3. The minimum Gasteiger partial charge on any atom is -0.494 e. The zero-order chi connectivity index (χ0) is 40.8. The van der Waals surface area contributed by atoms with Crippen molar-refractivity contribution in [2.24, 2.45) is 0 Å². The number of ether oxygens (including phenoxy) is 5. The van der Waals surface area contributed by atoms with Crippen molar-refractivity contribution in [2.75, 3.05) is 13.2 Å². The van der Waals surface area contributed by atoms with Crippen LogP contribution in [0.25, 0.3) is 0 Å². The van der Waals surface area contributed by atoms with E-state index in [0.29, 0.717) is 36.7 Å². The number of benzene rings is 3. The van der Waals surface area contributed by atoms with Crippen LogP contribution in [0.1, 0.15) is 144 Å². The maximum atomic E-state index is 12.8. The van der Waals surface area contributed by atoms with Crippen LogP contribution in [0.5, 0.6) is 17.2 Å². The number of aryl methyl sites for hydroxylation is 2. The Morgan fingerprint density at radius 3 is 1.56 bits per heavy atom. The number of esters is 3. The Morgan fingerprint density at radius 2 is 1.02 bits per heavy atom. The smallest absolute Gasteiger partial charge is 0.343 e. The minimum absolute atomic E-state index is 0.347. The molecule has 1 atom stereocenters. The van der Waals surface area contributed by atoms with E-state index in [1.165, 1.54) is 82.8 Å². The van der Waals surface area contributed by atoms with Gasteiger partial charge in [-0.2, -0.15) is 0 Å². The molecule has 3 aromatic rings. The first kappa shape index (κ1) is 46.5. The number of carbonyl (C=O) groups excluding carboxylic acids is 3. The molecule has 310 valence electrons. The van der Waals surface area contributed by atoms with Crippen LogP contribution in [0, 0.1) is 0 Å². The lowest BCUT2D eigenvalue weighted by atomic mass is 10.0. The molecule has 57 heavy (non-hydrogen) atoms. The molecule has 0 aliphatic heterocycles. The van der Waals surface area contributed by atoms with Gasteiger partial charge >= 0.3 is 17.9 Å². The quantitative estimate of drug-likeness (QED) is 0.0203. The SMILES string of the molecule is C=CC(=O)OCCCCCCCCCCCOc1ccc(C(=O)Oc2ccc(CCc3ccc(OC(CCCCCCCCCC)OC(=O)C=C)cc3)cc2)cc1. The zero-order valence-corrected chi connectivity index (χ0v) is 34.4. The van der Waals surface area contributed by atoms with Crippen molar-refractivity contribution in [1.82, 2.24) is 0 Å². The fourth-order valence-electron chi connectivity index (χ4n) is 6.38. The highest BCUT2D eigenvalue weighted by molar-refractivity contribution is 5.91. The summed E-state index contributed by atoms with van der Waals surface area (Å²) in [6.45, 7) is 10.3. The maximum Gasteiger partial charge on any atom is 0.343 e. The summed E-state index contributed by atoms with van der Waals surface area (Å²) in [5, 5.41) is 0. The van der Waals surface area contributed by atoms with E-state index >= 15 is 0 Å². The molecule has 0 saturated heterocycles. The average Bonchev–Trinajstić information content (AvgIpc) is 3.23. The molecule has 0 N–H and O–H groups in total. The van der Waals surface area contributed by atoms with Crippen LogP contribution in [0.3, 0.4) is 0 Å². The molecular formula is C49H66O8. The van der Waals surface area contributed by atoms with Gasteiger partial charge in [0.05, 0.1) is 18.8 Å². The summed E-state index contributed by atoms with van der Waals surface area (Å²) in [6, 6.07) is 22.6. The van der Waals surface area contributed by atoms with E-state index in [4.69, 9.17) is 23.7 Å². The van der Waals surface area contributed by atoms with Crippen LogP contribution in [-0.4, -0.2) is 37.4 Å². The lowest BCUT2D eigenvalue weighted by Gasteiger charge is -2.19. The van der Waals surface area contributed by atoms with Crippen molar-refractivity contribution >= 4 is 17.9 Å². The fourth-order valence-corrected chi connectivity index (χ4v) is 6.38. The summed E-state index contributed by atoms with van der Waals surface area (Å²) in [6.07, 6.45) is 23.8. The van der Waals surface area contributed by atoms with Crippen molar-refractivity contribution in [2.45, 2.75) is 142 Å². The predicted octanol–water partition coefficient (Wildman–Crippen LogP) is 12.3. The van der Waals surface area contributed by atoms with Crippen LogP contribution < -0.4 is 14.2 Å². The van der Waals surface area contributed by atoms with E-state index in [1.54, 1.807) is 12.1 Å².